The molecule has 2 fully saturated rings. The Balaban J connectivity index is 0.976. The number of piperazine rings is 1. The molecule has 0 spiro atoms. The highest BCUT2D eigenvalue weighted by Gasteiger charge is 2.41. The highest BCUT2D eigenvalue weighted by Crippen LogP contribution is 2.44. The van der Waals surface area contributed by atoms with Crippen LogP contribution in [0.4, 0.5) is 19.3 Å². The van der Waals surface area contributed by atoms with Crippen LogP contribution in [0.3, 0.4) is 0 Å². The first-order chi connectivity index (χ1) is 28.1. The van der Waals surface area contributed by atoms with Gasteiger partial charge >= 0.3 is 6.09 Å². The molecule has 2 aliphatic carbocycles. The molecule has 58 heavy (non-hydrogen) atoms. The first-order valence-corrected chi connectivity index (χ1v) is 20.3. The van der Waals surface area contributed by atoms with Gasteiger partial charge < -0.3 is 25.6 Å². The maximum absolute atomic E-state index is 14.2. The fraction of sp³-hybridized carbons (Fsp3) is 0.391. The van der Waals surface area contributed by atoms with Crippen molar-refractivity contribution in [2.75, 3.05) is 38.1 Å². The second kappa shape index (κ2) is 18.3. The maximum atomic E-state index is 14.2. The van der Waals surface area contributed by atoms with Gasteiger partial charge in [0.05, 0.1) is 0 Å². The molecule has 1 saturated heterocycles. The minimum Gasteiger partial charge on any atom is -0.449 e. The molecule has 0 aromatic heterocycles. The lowest BCUT2D eigenvalue weighted by Crippen LogP contribution is -2.55. The van der Waals surface area contributed by atoms with Crippen molar-refractivity contribution < 1.29 is 32.7 Å². The van der Waals surface area contributed by atoms with Gasteiger partial charge in [-0.1, -0.05) is 97.9 Å². The molecule has 4 aromatic carbocycles. The first-order valence-electron chi connectivity index (χ1n) is 20.3. The third-order valence-corrected chi connectivity index (χ3v) is 11.7. The zero-order chi connectivity index (χ0) is 40.6. The lowest BCUT2D eigenvalue weighted by Gasteiger charge is -2.36. The Kier molecular flexibility index (Phi) is 12.8. The van der Waals surface area contributed by atoms with Crippen molar-refractivity contribution in [3.8, 4) is 11.1 Å². The van der Waals surface area contributed by atoms with Gasteiger partial charge in [-0.3, -0.25) is 19.3 Å². The minimum atomic E-state index is -2.82. The number of alkyl halides is 2. The van der Waals surface area contributed by atoms with Crippen molar-refractivity contribution in [1.29, 1.82) is 0 Å². The quantitative estimate of drug-likeness (QED) is 0.133. The number of nitrogens with zero attached hydrogens (tertiary/aromatic N) is 2. The average Bonchev–Trinajstić information content (AvgIpc) is 3.56. The molecule has 1 saturated carbocycles. The molecule has 2 atom stereocenters. The van der Waals surface area contributed by atoms with Gasteiger partial charge in [0.15, 0.2) is 0 Å². The molecule has 1 heterocycles. The summed E-state index contributed by atoms with van der Waals surface area (Å²) in [5.41, 5.74) is 6.69. The Labute approximate surface area is 338 Å². The molecule has 0 radical (unpaired) electrons. The minimum absolute atomic E-state index is 0.0467. The summed E-state index contributed by atoms with van der Waals surface area (Å²) in [6, 6.07) is 31.2. The lowest BCUT2D eigenvalue weighted by molar-refractivity contribution is -0.138. The number of hydrogen-bond donors (Lipinski definition) is 3. The van der Waals surface area contributed by atoms with E-state index in [9.17, 15) is 28.0 Å². The van der Waals surface area contributed by atoms with E-state index in [0.29, 0.717) is 18.8 Å². The molecule has 1 aliphatic heterocycles. The Morgan fingerprint density at radius 2 is 1.36 bits per heavy atom. The van der Waals surface area contributed by atoms with Crippen molar-refractivity contribution >= 4 is 29.5 Å². The summed E-state index contributed by atoms with van der Waals surface area (Å²) in [6.45, 7) is 5.16. The molecule has 7 rings (SSSR count). The highest BCUT2D eigenvalue weighted by atomic mass is 19.3. The van der Waals surface area contributed by atoms with Gasteiger partial charge in [0.1, 0.15) is 18.7 Å². The Hall–Kier alpha value is -5.62. The van der Waals surface area contributed by atoms with Gasteiger partial charge in [0.25, 0.3) is 0 Å². The molecule has 4 aromatic rings. The standard InChI is InChI=1S/C46H51F2N5O5/c1-2-41(54)50-40(44(56)53-26-24-52(25-27-53)29-32-10-4-3-5-11-32)28-31-16-18-34(19-17-31)49-43(55)42(33-20-22-46(47,48)23-21-33)51-45(57)58-30-39-37-14-8-6-12-35(37)36-13-7-9-15-38(36)39/h3-19,33,39-40,42H,2,20-30H2,1H3,(H,49,55)(H,50,54)(H,51,57). The Bertz CT molecular complexity index is 2020. The number of halogens is 2. The monoisotopic (exact) mass is 791 g/mol. The number of carbonyl (C=O) groups is 4. The predicted octanol–water partition coefficient (Wildman–Crippen LogP) is 7.14. The fourth-order valence-corrected chi connectivity index (χ4v) is 8.43. The zero-order valence-electron chi connectivity index (χ0n) is 32.8. The van der Waals surface area contributed by atoms with Crippen LogP contribution in [0.5, 0.6) is 0 Å². The molecular formula is C46H51F2N5O5. The number of anilines is 1. The molecule has 12 heteroatoms. The van der Waals surface area contributed by atoms with Crippen LogP contribution in [0.1, 0.15) is 67.2 Å². The van der Waals surface area contributed by atoms with E-state index in [1.807, 2.05) is 71.6 Å². The molecular weight excluding hydrogens is 741 g/mol. The van der Waals surface area contributed by atoms with E-state index in [-0.39, 0.29) is 62.9 Å². The summed E-state index contributed by atoms with van der Waals surface area (Å²) in [6.07, 6.45) is -0.921. The summed E-state index contributed by atoms with van der Waals surface area (Å²) in [4.78, 5) is 57.6. The van der Waals surface area contributed by atoms with E-state index in [1.54, 1.807) is 31.2 Å². The van der Waals surface area contributed by atoms with Gasteiger partial charge in [0.2, 0.25) is 23.6 Å². The first kappa shape index (κ1) is 40.6. The zero-order valence-corrected chi connectivity index (χ0v) is 32.8. The van der Waals surface area contributed by atoms with Crippen LogP contribution < -0.4 is 16.0 Å². The Morgan fingerprint density at radius 1 is 0.759 bits per heavy atom. The van der Waals surface area contributed by atoms with Crippen molar-refractivity contribution in [1.82, 2.24) is 20.4 Å². The smallest absolute Gasteiger partial charge is 0.407 e. The second-order valence-corrected chi connectivity index (χ2v) is 15.6. The summed E-state index contributed by atoms with van der Waals surface area (Å²) in [5, 5.41) is 8.49. The Morgan fingerprint density at radius 3 is 1.98 bits per heavy atom. The van der Waals surface area contributed by atoms with E-state index in [2.05, 4.69) is 33.0 Å². The maximum Gasteiger partial charge on any atom is 0.407 e. The van der Waals surface area contributed by atoms with Gasteiger partial charge in [-0.05, 0) is 64.3 Å². The van der Waals surface area contributed by atoms with Crippen LogP contribution >= 0.6 is 0 Å². The number of carbonyl (C=O) groups excluding carboxylic acids is 4. The predicted molar refractivity (Wildman–Crippen MR) is 218 cm³/mol. The number of hydrogen-bond acceptors (Lipinski definition) is 6. The summed E-state index contributed by atoms with van der Waals surface area (Å²) in [5.74, 6) is -4.42. The van der Waals surface area contributed by atoms with E-state index < -0.39 is 35.9 Å². The topological polar surface area (TPSA) is 120 Å². The number of rotatable bonds is 13. The van der Waals surface area contributed by atoms with Crippen LogP contribution in [0, 0.1) is 5.92 Å². The number of alkyl carbamates (subject to hydrolysis) is 1. The van der Waals surface area contributed by atoms with E-state index >= 15 is 0 Å². The SMILES string of the molecule is CCC(=O)NC(Cc1ccc(NC(=O)C(NC(=O)OCC2c3ccccc3-c3ccccc32)C2CCC(F)(F)CC2)cc1)C(=O)N1CCN(Cc2ccccc2)CC1. The molecule has 10 nitrogen and oxygen atoms in total. The molecule has 4 amide bonds. The fourth-order valence-electron chi connectivity index (χ4n) is 8.43. The van der Waals surface area contributed by atoms with Gasteiger partial charge in [-0.2, -0.15) is 0 Å². The molecule has 304 valence electrons. The average molecular weight is 792 g/mol. The highest BCUT2D eigenvalue weighted by molar-refractivity contribution is 5.97. The summed E-state index contributed by atoms with van der Waals surface area (Å²) < 4.78 is 34.1. The van der Waals surface area contributed by atoms with E-state index in [0.717, 1.165) is 47.5 Å². The number of nitrogens with one attached hydrogen (secondary N) is 3. The normalized spacial score (nSPS) is 17.7. The van der Waals surface area contributed by atoms with Crippen molar-refractivity contribution in [2.45, 2.75) is 75.9 Å². The van der Waals surface area contributed by atoms with E-state index in [1.165, 1.54) is 5.56 Å². The number of amides is 4. The van der Waals surface area contributed by atoms with Gasteiger partial charge in [-0.15, -0.1) is 0 Å². The van der Waals surface area contributed by atoms with Crippen molar-refractivity contribution in [2.24, 2.45) is 5.92 Å². The van der Waals surface area contributed by atoms with Crippen LogP contribution in [0.2, 0.25) is 0 Å². The molecule has 3 N–H and O–H groups in total. The number of fused-ring (bicyclic) bond motifs is 3. The largest absolute Gasteiger partial charge is 0.449 e. The van der Waals surface area contributed by atoms with Crippen LogP contribution in [0.15, 0.2) is 103 Å². The number of ether oxygens (including phenoxy) is 1. The third kappa shape index (κ3) is 9.90. The number of benzene rings is 4. The van der Waals surface area contributed by atoms with Crippen molar-refractivity contribution in [3.63, 3.8) is 0 Å². The lowest BCUT2D eigenvalue weighted by atomic mass is 9.81. The van der Waals surface area contributed by atoms with Gasteiger partial charge in [-0.25, -0.2) is 13.6 Å². The summed E-state index contributed by atoms with van der Waals surface area (Å²) in [7, 11) is 0. The summed E-state index contributed by atoms with van der Waals surface area (Å²) >= 11 is 0. The molecule has 2 unspecified atom stereocenters. The van der Waals surface area contributed by atoms with Crippen molar-refractivity contribution in [3.05, 3.63) is 125 Å². The molecule has 3 aliphatic rings. The van der Waals surface area contributed by atoms with Crippen LogP contribution in [0.25, 0.3) is 11.1 Å². The van der Waals surface area contributed by atoms with E-state index in [4.69, 9.17) is 4.74 Å². The third-order valence-electron chi connectivity index (χ3n) is 11.7. The van der Waals surface area contributed by atoms with Crippen LogP contribution in [-0.4, -0.2) is 84.4 Å². The van der Waals surface area contributed by atoms with Crippen LogP contribution in [-0.2, 0) is 32.1 Å². The second-order valence-electron chi connectivity index (χ2n) is 15.6. The molecule has 0 bridgehead atoms. The van der Waals surface area contributed by atoms with Gasteiger partial charge in [0, 0.05) is 70.0 Å².